The van der Waals surface area contributed by atoms with Crippen molar-refractivity contribution in [2.75, 3.05) is 0 Å². The second-order valence-electron chi connectivity index (χ2n) is 5.48. The molecule has 0 amide bonds. The maximum absolute atomic E-state index is 12.6. The standard InChI is InChI=1S/C18H12N4O4/c1-22-17(23)14-5-3-2-4-13(14)15(21-22)18(24)26-12-8-6-11(7-9-12)16-20-19-10-25-16/h2-10H,1H3. The van der Waals surface area contributed by atoms with Crippen molar-refractivity contribution in [2.45, 2.75) is 0 Å². The van der Waals surface area contributed by atoms with Crippen molar-refractivity contribution < 1.29 is 13.9 Å². The molecule has 0 saturated heterocycles. The zero-order valence-electron chi connectivity index (χ0n) is 13.6. The number of aryl methyl sites for hydroxylation is 1. The van der Waals surface area contributed by atoms with Gasteiger partial charge in [-0.1, -0.05) is 18.2 Å². The summed E-state index contributed by atoms with van der Waals surface area (Å²) < 4.78 is 11.6. The van der Waals surface area contributed by atoms with Crippen LogP contribution in [0.5, 0.6) is 5.75 Å². The highest BCUT2D eigenvalue weighted by Gasteiger charge is 2.17. The van der Waals surface area contributed by atoms with Gasteiger partial charge < -0.3 is 9.15 Å². The molecule has 0 aliphatic heterocycles. The Kier molecular flexibility index (Phi) is 3.77. The molecule has 0 unspecified atom stereocenters. The van der Waals surface area contributed by atoms with Crippen LogP contribution in [0.1, 0.15) is 10.5 Å². The molecule has 0 N–H and O–H groups in total. The number of hydrogen-bond donors (Lipinski definition) is 0. The summed E-state index contributed by atoms with van der Waals surface area (Å²) in [6, 6.07) is 13.4. The highest BCUT2D eigenvalue weighted by molar-refractivity contribution is 6.02. The van der Waals surface area contributed by atoms with E-state index in [9.17, 15) is 9.59 Å². The van der Waals surface area contributed by atoms with Gasteiger partial charge in [-0.3, -0.25) is 4.79 Å². The molecule has 0 bridgehead atoms. The van der Waals surface area contributed by atoms with Crippen molar-refractivity contribution in [2.24, 2.45) is 7.05 Å². The first-order valence-corrected chi connectivity index (χ1v) is 7.68. The third kappa shape index (κ3) is 2.73. The molecular weight excluding hydrogens is 336 g/mol. The molecule has 0 spiro atoms. The molecule has 0 saturated carbocycles. The van der Waals surface area contributed by atoms with Gasteiger partial charge >= 0.3 is 5.97 Å². The summed E-state index contributed by atoms with van der Waals surface area (Å²) in [5, 5.41) is 12.3. The van der Waals surface area contributed by atoms with E-state index < -0.39 is 5.97 Å². The van der Waals surface area contributed by atoms with Crippen LogP contribution in [-0.2, 0) is 7.05 Å². The Bertz CT molecular complexity index is 1150. The van der Waals surface area contributed by atoms with E-state index in [4.69, 9.17) is 9.15 Å². The molecule has 2 aromatic heterocycles. The van der Waals surface area contributed by atoms with Gasteiger partial charge in [0, 0.05) is 18.0 Å². The summed E-state index contributed by atoms with van der Waals surface area (Å²) in [5.41, 5.74) is 0.498. The Hall–Kier alpha value is -3.81. The van der Waals surface area contributed by atoms with Crippen LogP contribution in [0.3, 0.4) is 0 Å². The Morgan fingerprint density at radius 3 is 2.50 bits per heavy atom. The maximum atomic E-state index is 12.6. The van der Waals surface area contributed by atoms with E-state index in [-0.39, 0.29) is 11.3 Å². The molecule has 4 rings (SSSR count). The van der Waals surface area contributed by atoms with Crippen molar-refractivity contribution in [1.29, 1.82) is 0 Å². The molecular formula is C18H12N4O4. The van der Waals surface area contributed by atoms with E-state index in [0.29, 0.717) is 28.0 Å². The fourth-order valence-corrected chi connectivity index (χ4v) is 2.57. The zero-order chi connectivity index (χ0) is 18.1. The molecule has 0 fully saturated rings. The van der Waals surface area contributed by atoms with E-state index >= 15 is 0 Å². The van der Waals surface area contributed by atoms with Crippen molar-refractivity contribution >= 4 is 16.7 Å². The second-order valence-corrected chi connectivity index (χ2v) is 5.48. The average molecular weight is 348 g/mol. The number of rotatable bonds is 3. The minimum absolute atomic E-state index is 0.0728. The summed E-state index contributed by atoms with van der Waals surface area (Å²) in [6.07, 6.45) is 1.24. The molecule has 0 atom stereocenters. The first-order valence-electron chi connectivity index (χ1n) is 7.68. The Balaban J connectivity index is 1.66. The number of hydrogen-bond acceptors (Lipinski definition) is 7. The van der Waals surface area contributed by atoms with Gasteiger partial charge in [0.25, 0.3) is 5.56 Å². The third-order valence-corrected chi connectivity index (χ3v) is 3.82. The molecule has 8 heteroatoms. The first-order chi connectivity index (χ1) is 12.6. The highest BCUT2D eigenvalue weighted by Crippen LogP contribution is 2.21. The fraction of sp³-hybridized carbons (Fsp3) is 0.0556. The number of carbonyl (C=O) groups excluding carboxylic acids is 1. The lowest BCUT2D eigenvalue weighted by molar-refractivity contribution is 0.0728. The van der Waals surface area contributed by atoms with Gasteiger partial charge in [0.2, 0.25) is 12.3 Å². The van der Waals surface area contributed by atoms with E-state index in [1.54, 1.807) is 48.5 Å². The van der Waals surface area contributed by atoms with Crippen LogP contribution < -0.4 is 10.3 Å². The second kappa shape index (κ2) is 6.25. The molecule has 0 aliphatic carbocycles. The van der Waals surface area contributed by atoms with Gasteiger partial charge in [0.05, 0.1) is 5.39 Å². The molecule has 8 nitrogen and oxygen atoms in total. The van der Waals surface area contributed by atoms with Crippen LogP contribution in [0.2, 0.25) is 0 Å². The monoisotopic (exact) mass is 348 g/mol. The zero-order valence-corrected chi connectivity index (χ0v) is 13.6. The van der Waals surface area contributed by atoms with Gasteiger partial charge in [-0.25, -0.2) is 9.48 Å². The lowest BCUT2D eigenvalue weighted by Gasteiger charge is -2.08. The van der Waals surface area contributed by atoms with Crippen LogP contribution in [0.25, 0.3) is 22.2 Å². The summed E-state index contributed by atoms with van der Waals surface area (Å²) in [6.45, 7) is 0. The lowest BCUT2D eigenvalue weighted by Crippen LogP contribution is -2.24. The van der Waals surface area contributed by atoms with Gasteiger partial charge in [0.15, 0.2) is 5.69 Å². The van der Waals surface area contributed by atoms with E-state index in [2.05, 4.69) is 15.3 Å². The number of aromatic nitrogens is 4. The van der Waals surface area contributed by atoms with E-state index in [1.807, 2.05) is 0 Å². The van der Waals surface area contributed by atoms with Gasteiger partial charge in [0.1, 0.15) is 5.75 Å². The quantitative estimate of drug-likeness (QED) is 0.413. The summed E-state index contributed by atoms with van der Waals surface area (Å²) in [4.78, 5) is 24.7. The van der Waals surface area contributed by atoms with Gasteiger partial charge in [-0.2, -0.15) is 5.10 Å². The van der Waals surface area contributed by atoms with Crippen molar-refractivity contribution in [3.05, 3.63) is 71.0 Å². The van der Waals surface area contributed by atoms with Gasteiger partial charge in [-0.15, -0.1) is 10.2 Å². The molecule has 4 aromatic rings. The van der Waals surface area contributed by atoms with Crippen LogP contribution in [-0.4, -0.2) is 25.9 Å². The van der Waals surface area contributed by atoms with Crippen LogP contribution in [0.4, 0.5) is 0 Å². The molecule has 2 aromatic carbocycles. The molecule has 128 valence electrons. The predicted molar refractivity (Wildman–Crippen MR) is 91.7 cm³/mol. The fourth-order valence-electron chi connectivity index (χ4n) is 2.57. The predicted octanol–water partition coefficient (Wildman–Crippen LogP) is 2.20. The number of benzene rings is 2. The van der Waals surface area contributed by atoms with Crippen molar-refractivity contribution in [3.8, 4) is 17.2 Å². The average Bonchev–Trinajstić information content (AvgIpc) is 3.20. The SMILES string of the molecule is Cn1nc(C(=O)Oc2ccc(-c3nnco3)cc2)c2ccccc2c1=O. The topological polar surface area (TPSA) is 100 Å². The minimum Gasteiger partial charge on any atom is -0.423 e. The molecule has 0 aliphatic rings. The highest BCUT2D eigenvalue weighted by atomic mass is 16.5. The summed E-state index contributed by atoms with van der Waals surface area (Å²) >= 11 is 0. The minimum atomic E-state index is -0.651. The Morgan fingerprint density at radius 1 is 1.08 bits per heavy atom. The Labute approximate surface area is 146 Å². The van der Waals surface area contributed by atoms with Crippen LogP contribution in [0, 0.1) is 0 Å². The summed E-state index contributed by atoms with van der Waals surface area (Å²) in [5.74, 6) is 0.0499. The van der Waals surface area contributed by atoms with Gasteiger partial charge in [-0.05, 0) is 30.3 Å². The lowest BCUT2D eigenvalue weighted by atomic mass is 10.1. The van der Waals surface area contributed by atoms with E-state index in [0.717, 1.165) is 4.68 Å². The van der Waals surface area contributed by atoms with Crippen molar-refractivity contribution in [1.82, 2.24) is 20.0 Å². The maximum Gasteiger partial charge on any atom is 0.364 e. The third-order valence-electron chi connectivity index (χ3n) is 3.82. The number of esters is 1. The first kappa shape index (κ1) is 15.7. The Morgan fingerprint density at radius 2 is 1.81 bits per heavy atom. The smallest absolute Gasteiger partial charge is 0.364 e. The number of nitrogens with zero attached hydrogens (tertiary/aromatic N) is 4. The normalized spacial score (nSPS) is 10.8. The van der Waals surface area contributed by atoms with Crippen molar-refractivity contribution in [3.63, 3.8) is 0 Å². The molecule has 0 radical (unpaired) electrons. The number of fused-ring (bicyclic) bond motifs is 1. The number of carbonyl (C=O) groups is 1. The molecule has 2 heterocycles. The van der Waals surface area contributed by atoms with E-state index in [1.165, 1.54) is 13.4 Å². The number of ether oxygens (including phenoxy) is 1. The summed E-state index contributed by atoms with van der Waals surface area (Å²) in [7, 11) is 1.49. The molecule has 26 heavy (non-hydrogen) atoms. The van der Waals surface area contributed by atoms with Crippen LogP contribution >= 0.6 is 0 Å². The van der Waals surface area contributed by atoms with Crippen LogP contribution in [0.15, 0.2) is 64.1 Å². The largest absolute Gasteiger partial charge is 0.423 e.